The second kappa shape index (κ2) is 8.01. The molecule has 1 aromatic carbocycles. The van der Waals surface area contributed by atoms with E-state index in [0.717, 1.165) is 15.8 Å². The van der Waals surface area contributed by atoms with Crippen molar-refractivity contribution in [1.82, 2.24) is 10.6 Å². The molecule has 3 rings (SSSR count). The van der Waals surface area contributed by atoms with Crippen molar-refractivity contribution in [2.24, 2.45) is 4.99 Å². The van der Waals surface area contributed by atoms with E-state index in [1.54, 1.807) is 25.3 Å². The highest BCUT2D eigenvalue weighted by Gasteiger charge is 2.26. The van der Waals surface area contributed by atoms with Gasteiger partial charge in [-0.3, -0.25) is 0 Å². The standard InChI is InChI=1S/C18H22BrN3O4/c1-3-20-17(22-10-18(2,23)15-5-4-6-24-15)21-9-12-7-13(19)16-14(8-12)25-11-26-16/h4-8,23H,3,9-11H2,1-2H3,(H2,20,21,22). The molecule has 2 aromatic rings. The highest BCUT2D eigenvalue weighted by molar-refractivity contribution is 9.10. The maximum absolute atomic E-state index is 10.5. The van der Waals surface area contributed by atoms with Crippen molar-refractivity contribution in [3.8, 4) is 11.5 Å². The van der Waals surface area contributed by atoms with Crippen LogP contribution in [0.5, 0.6) is 11.5 Å². The van der Waals surface area contributed by atoms with E-state index in [9.17, 15) is 5.11 Å². The first-order chi connectivity index (χ1) is 12.5. The molecule has 1 aromatic heterocycles. The maximum Gasteiger partial charge on any atom is 0.231 e. The predicted octanol–water partition coefficient (Wildman–Crippen LogP) is 2.73. The van der Waals surface area contributed by atoms with E-state index in [4.69, 9.17) is 13.9 Å². The van der Waals surface area contributed by atoms with Gasteiger partial charge in [0, 0.05) is 6.54 Å². The van der Waals surface area contributed by atoms with Crippen LogP contribution in [0.2, 0.25) is 0 Å². The number of aliphatic hydroxyl groups is 1. The Kier molecular flexibility index (Phi) is 5.73. The van der Waals surface area contributed by atoms with Gasteiger partial charge in [-0.15, -0.1) is 0 Å². The van der Waals surface area contributed by atoms with E-state index in [0.29, 0.717) is 30.6 Å². The number of ether oxygens (including phenoxy) is 2. The minimum absolute atomic E-state index is 0.229. The number of benzene rings is 1. The fourth-order valence-corrected chi connectivity index (χ4v) is 3.16. The van der Waals surface area contributed by atoms with E-state index in [1.165, 1.54) is 0 Å². The van der Waals surface area contributed by atoms with Crippen LogP contribution >= 0.6 is 15.9 Å². The molecule has 0 saturated heterocycles. The highest BCUT2D eigenvalue weighted by atomic mass is 79.9. The monoisotopic (exact) mass is 423 g/mol. The number of hydrogen-bond donors (Lipinski definition) is 3. The summed E-state index contributed by atoms with van der Waals surface area (Å²) in [6.45, 7) is 5.33. The minimum Gasteiger partial charge on any atom is -0.466 e. The van der Waals surface area contributed by atoms with Crippen molar-refractivity contribution in [2.75, 3.05) is 19.9 Å². The fraction of sp³-hybridized carbons (Fsp3) is 0.389. The molecule has 1 aliphatic heterocycles. The van der Waals surface area contributed by atoms with Crippen LogP contribution in [-0.4, -0.2) is 30.9 Å². The zero-order valence-electron chi connectivity index (χ0n) is 14.7. The fourth-order valence-electron chi connectivity index (χ4n) is 2.55. The molecule has 0 saturated carbocycles. The van der Waals surface area contributed by atoms with Gasteiger partial charge >= 0.3 is 0 Å². The van der Waals surface area contributed by atoms with Crippen LogP contribution in [0, 0.1) is 0 Å². The van der Waals surface area contributed by atoms with E-state index < -0.39 is 5.60 Å². The van der Waals surface area contributed by atoms with E-state index >= 15 is 0 Å². The molecule has 0 radical (unpaired) electrons. The van der Waals surface area contributed by atoms with Gasteiger partial charge in [-0.1, -0.05) is 0 Å². The van der Waals surface area contributed by atoms with Gasteiger partial charge in [-0.05, 0) is 59.6 Å². The van der Waals surface area contributed by atoms with Gasteiger partial charge in [0.25, 0.3) is 0 Å². The molecule has 0 bridgehead atoms. The van der Waals surface area contributed by atoms with Crippen LogP contribution in [0.1, 0.15) is 25.2 Å². The lowest BCUT2D eigenvalue weighted by atomic mass is 10.0. The molecule has 1 unspecified atom stereocenters. The van der Waals surface area contributed by atoms with Gasteiger partial charge in [-0.2, -0.15) is 0 Å². The molecule has 3 N–H and O–H groups in total. The average molecular weight is 424 g/mol. The summed E-state index contributed by atoms with van der Waals surface area (Å²) in [5.74, 6) is 2.54. The lowest BCUT2D eigenvalue weighted by Crippen LogP contribution is -2.44. The van der Waals surface area contributed by atoms with Crippen LogP contribution < -0.4 is 20.1 Å². The average Bonchev–Trinajstić information content (AvgIpc) is 3.29. The number of halogens is 1. The summed E-state index contributed by atoms with van der Waals surface area (Å²) in [6.07, 6.45) is 1.54. The topological polar surface area (TPSA) is 88.3 Å². The lowest BCUT2D eigenvalue weighted by molar-refractivity contribution is 0.0386. The largest absolute Gasteiger partial charge is 0.466 e. The third kappa shape index (κ3) is 4.31. The third-order valence-electron chi connectivity index (χ3n) is 3.90. The molecule has 0 fully saturated rings. The zero-order valence-corrected chi connectivity index (χ0v) is 16.3. The first-order valence-corrected chi connectivity index (χ1v) is 9.15. The Balaban J connectivity index is 1.67. The number of hydrogen-bond acceptors (Lipinski definition) is 5. The summed E-state index contributed by atoms with van der Waals surface area (Å²) in [5, 5.41) is 16.9. The summed E-state index contributed by atoms with van der Waals surface area (Å²) < 4.78 is 17.0. The molecule has 2 heterocycles. The smallest absolute Gasteiger partial charge is 0.231 e. The van der Waals surface area contributed by atoms with Crippen LogP contribution in [-0.2, 0) is 12.1 Å². The summed E-state index contributed by atoms with van der Waals surface area (Å²) >= 11 is 3.49. The number of furan rings is 1. The molecule has 7 nitrogen and oxygen atoms in total. The molecule has 1 aliphatic rings. The minimum atomic E-state index is -1.14. The van der Waals surface area contributed by atoms with Crippen LogP contribution in [0.25, 0.3) is 0 Å². The first kappa shape index (κ1) is 18.6. The van der Waals surface area contributed by atoms with Gasteiger partial charge < -0.3 is 29.6 Å². The number of nitrogens with zero attached hydrogens (tertiary/aromatic N) is 1. The summed E-state index contributed by atoms with van der Waals surface area (Å²) in [6, 6.07) is 7.37. The lowest BCUT2D eigenvalue weighted by Gasteiger charge is -2.22. The summed E-state index contributed by atoms with van der Waals surface area (Å²) in [4.78, 5) is 4.57. The van der Waals surface area contributed by atoms with Crippen LogP contribution in [0.15, 0.2) is 44.4 Å². The Morgan fingerprint density at radius 1 is 1.35 bits per heavy atom. The Labute approximate surface area is 160 Å². The van der Waals surface area contributed by atoms with Gasteiger partial charge in [0.2, 0.25) is 6.79 Å². The van der Waals surface area contributed by atoms with Gasteiger partial charge in [-0.25, -0.2) is 4.99 Å². The SMILES string of the molecule is CCNC(=NCc1cc(Br)c2c(c1)OCO2)NCC(C)(O)c1ccco1. The molecular weight excluding hydrogens is 402 g/mol. The zero-order chi connectivity index (χ0) is 18.6. The molecule has 0 amide bonds. The summed E-state index contributed by atoms with van der Waals surface area (Å²) in [7, 11) is 0. The predicted molar refractivity (Wildman–Crippen MR) is 101 cm³/mol. The number of nitrogens with one attached hydrogen (secondary N) is 2. The maximum atomic E-state index is 10.5. The quantitative estimate of drug-likeness (QED) is 0.488. The van der Waals surface area contributed by atoms with Gasteiger partial charge in [0.1, 0.15) is 11.4 Å². The van der Waals surface area contributed by atoms with Crippen molar-refractivity contribution < 1.29 is 19.0 Å². The molecule has 0 spiro atoms. The van der Waals surface area contributed by atoms with E-state index in [1.807, 2.05) is 19.1 Å². The second-order valence-corrected chi connectivity index (χ2v) is 6.97. The highest BCUT2D eigenvalue weighted by Crippen LogP contribution is 2.40. The molecule has 1 atom stereocenters. The number of guanidine groups is 1. The van der Waals surface area contributed by atoms with Crippen molar-refractivity contribution in [2.45, 2.75) is 26.0 Å². The summed E-state index contributed by atoms with van der Waals surface area (Å²) in [5.41, 5.74) is -0.155. The van der Waals surface area contributed by atoms with Crippen molar-refractivity contribution >= 4 is 21.9 Å². The van der Waals surface area contributed by atoms with E-state index in [-0.39, 0.29) is 13.3 Å². The van der Waals surface area contributed by atoms with Gasteiger partial charge in [0.05, 0.1) is 23.8 Å². The molecule has 8 heteroatoms. The number of fused-ring (bicyclic) bond motifs is 1. The van der Waals surface area contributed by atoms with Crippen molar-refractivity contribution in [3.05, 3.63) is 46.3 Å². The van der Waals surface area contributed by atoms with E-state index in [2.05, 4.69) is 31.6 Å². The Bertz CT molecular complexity index is 775. The van der Waals surface area contributed by atoms with Crippen molar-refractivity contribution in [1.29, 1.82) is 0 Å². The second-order valence-electron chi connectivity index (χ2n) is 6.11. The molecule has 26 heavy (non-hydrogen) atoms. The van der Waals surface area contributed by atoms with Crippen LogP contribution in [0.3, 0.4) is 0 Å². The number of rotatable bonds is 6. The normalized spacial score (nSPS) is 15.6. The van der Waals surface area contributed by atoms with Crippen LogP contribution in [0.4, 0.5) is 0 Å². The Morgan fingerprint density at radius 2 is 2.19 bits per heavy atom. The third-order valence-corrected chi connectivity index (χ3v) is 4.49. The Hall–Kier alpha value is -2.19. The molecule has 140 valence electrons. The molecule has 0 aliphatic carbocycles. The van der Waals surface area contributed by atoms with Gasteiger partial charge in [0.15, 0.2) is 17.5 Å². The first-order valence-electron chi connectivity index (χ1n) is 8.36. The number of aliphatic imine (C=N–C) groups is 1. The van der Waals surface area contributed by atoms with Crippen molar-refractivity contribution in [3.63, 3.8) is 0 Å². The Morgan fingerprint density at radius 3 is 2.92 bits per heavy atom. The molecular formula is C18H22BrN3O4.